The molecule has 0 N–H and O–H groups in total. The van der Waals surface area contributed by atoms with E-state index in [0.717, 1.165) is 29.9 Å². The number of fused-ring (bicyclic) bond motifs is 7. The molecule has 0 unspecified atom stereocenters. The zero-order chi connectivity index (χ0) is 36.3. The lowest BCUT2D eigenvalue weighted by Crippen LogP contribution is -2.09. The molecule has 0 aliphatic heterocycles. The SMILES string of the molecule is C1=CC(c2ccc3c(c2)c2ccccc2n3-c2cc(-c3ccc(N(c4ccccc4)c4ccc5ccccc5c4)cc3)c3sc4ccccc4c3c2)=CCC1. The van der Waals surface area contributed by atoms with Gasteiger partial charge in [0.25, 0.3) is 0 Å². The molecule has 0 fully saturated rings. The third kappa shape index (κ3) is 5.39. The van der Waals surface area contributed by atoms with Crippen LogP contribution in [0.3, 0.4) is 0 Å². The highest BCUT2D eigenvalue weighted by atomic mass is 32.1. The molecule has 1 aliphatic carbocycles. The number of hydrogen-bond acceptors (Lipinski definition) is 2. The monoisotopic (exact) mass is 720 g/mol. The van der Waals surface area contributed by atoms with Crippen molar-refractivity contribution in [2.75, 3.05) is 4.90 Å². The van der Waals surface area contributed by atoms with Gasteiger partial charge >= 0.3 is 0 Å². The summed E-state index contributed by atoms with van der Waals surface area (Å²) in [5.41, 5.74) is 12.0. The van der Waals surface area contributed by atoms with Crippen LogP contribution < -0.4 is 4.90 Å². The fraction of sp³-hybridized carbons (Fsp3) is 0.0385. The fourth-order valence-corrected chi connectivity index (χ4v) is 9.76. The standard InChI is InChI=1S/C52H36N2S/c1-3-13-35(14-4-1)39-26-30-50-47(32-39)44-19-9-11-21-49(44)54(50)43-33-46(52-48(34-43)45-20-10-12-22-51(45)55-52)37-24-27-41(28-25-37)53(40-17-5-2-6-18-40)42-29-23-36-15-7-8-16-38(36)31-42/h2-3,5-34H,1,4H2. The van der Waals surface area contributed by atoms with Crippen LogP contribution in [-0.2, 0) is 0 Å². The third-order valence-corrected chi connectivity index (χ3v) is 12.4. The molecule has 2 heterocycles. The van der Waals surface area contributed by atoms with E-state index in [9.17, 15) is 0 Å². The van der Waals surface area contributed by atoms with Crippen molar-refractivity contribution in [3.05, 3.63) is 200 Å². The Morgan fingerprint density at radius 1 is 0.473 bits per heavy atom. The van der Waals surface area contributed by atoms with Crippen molar-refractivity contribution in [3.63, 3.8) is 0 Å². The number of anilines is 3. The molecule has 0 radical (unpaired) electrons. The molecule has 3 heteroatoms. The van der Waals surface area contributed by atoms with E-state index in [1.54, 1.807) is 0 Å². The lowest BCUT2D eigenvalue weighted by molar-refractivity contribution is 1.04. The number of benzene rings is 8. The van der Waals surface area contributed by atoms with E-state index in [1.807, 2.05) is 11.3 Å². The first kappa shape index (κ1) is 31.8. The van der Waals surface area contributed by atoms with Crippen LogP contribution in [0.25, 0.3) is 75.1 Å². The van der Waals surface area contributed by atoms with Crippen molar-refractivity contribution < 1.29 is 0 Å². The maximum absolute atomic E-state index is 2.47. The first-order chi connectivity index (χ1) is 27.3. The topological polar surface area (TPSA) is 8.17 Å². The average Bonchev–Trinajstić information content (AvgIpc) is 3.80. The molecule has 0 spiro atoms. The predicted octanol–water partition coefficient (Wildman–Crippen LogP) is 15.2. The van der Waals surface area contributed by atoms with E-state index in [-0.39, 0.29) is 0 Å². The van der Waals surface area contributed by atoms with Gasteiger partial charge in [0.15, 0.2) is 0 Å². The van der Waals surface area contributed by atoms with E-state index >= 15 is 0 Å². The van der Waals surface area contributed by atoms with Crippen LogP contribution in [0.15, 0.2) is 194 Å². The van der Waals surface area contributed by atoms with Gasteiger partial charge in [-0.3, -0.25) is 0 Å². The molecule has 0 saturated heterocycles. The molecule has 1 aliphatic rings. The molecule has 0 saturated carbocycles. The lowest BCUT2D eigenvalue weighted by atomic mass is 9.98. The van der Waals surface area contributed by atoms with Gasteiger partial charge in [-0.05, 0) is 113 Å². The highest BCUT2D eigenvalue weighted by Crippen LogP contribution is 2.44. The first-order valence-electron chi connectivity index (χ1n) is 19.1. The third-order valence-electron chi connectivity index (χ3n) is 11.2. The van der Waals surface area contributed by atoms with Crippen LogP contribution in [-0.4, -0.2) is 4.57 Å². The second kappa shape index (κ2) is 13.0. The number of hydrogen-bond donors (Lipinski definition) is 0. The number of nitrogens with zero attached hydrogens (tertiary/aromatic N) is 2. The van der Waals surface area contributed by atoms with Crippen molar-refractivity contribution in [2.45, 2.75) is 12.8 Å². The fourth-order valence-electron chi connectivity index (χ4n) is 8.54. The highest BCUT2D eigenvalue weighted by Gasteiger charge is 2.19. The summed E-state index contributed by atoms with van der Waals surface area (Å²) in [7, 11) is 0. The van der Waals surface area contributed by atoms with Gasteiger partial charge in [-0.25, -0.2) is 0 Å². The number of rotatable bonds is 6. The van der Waals surface area contributed by atoms with Crippen LogP contribution in [0.2, 0.25) is 0 Å². The number of aromatic nitrogens is 1. The van der Waals surface area contributed by atoms with E-state index in [2.05, 4.69) is 204 Å². The maximum Gasteiger partial charge on any atom is 0.0541 e. The summed E-state index contributed by atoms with van der Waals surface area (Å²) in [5.74, 6) is 0. The maximum atomic E-state index is 2.47. The molecule has 2 nitrogen and oxygen atoms in total. The molecular weight excluding hydrogens is 685 g/mol. The molecule has 260 valence electrons. The second-order valence-corrected chi connectivity index (χ2v) is 15.5. The average molecular weight is 721 g/mol. The lowest BCUT2D eigenvalue weighted by Gasteiger charge is -2.26. The highest BCUT2D eigenvalue weighted by molar-refractivity contribution is 7.26. The second-order valence-electron chi connectivity index (χ2n) is 14.4. The van der Waals surface area contributed by atoms with Crippen molar-refractivity contribution >= 4 is 86.7 Å². The molecule has 0 atom stereocenters. The van der Waals surface area contributed by atoms with Gasteiger partial charge in [0, 0.05) is 59.3 Å². The van der Waals surface area contributed by atoms with E-state index in [1.165, 1.54) is 80.7 Å². The quantitative estimate of drug-likeness (QED) is 0.166. The van der Waals surface area contributed by atoms with Crippen molar-refractivity contribution in [2.24, 2.45) is 0 Å². The van der Waals surface area contributed by atoms with Crippen LogP contribution in [0.4, 0.5) is 17.1 Å². The Kier molecular flexibility index (Phi) is 7.53. The van der Waals surface area contributed by atoms with Crippen molar-refractivity contribution in [3.8, 4) is 16.8 Å². The molecule has 8 aromatic carbocycles. The van der Waals surface area contributed by atoms with E-state index in [0.29, 0.717) is 0 Å². The zero-order valence-corrected chi connectivity index (χ0v) is 31.0. The van der Waals surface area contributed by atoms with Gasteiger partial charge in [-0.15, -0.1) is 11.3 Å². The molecular formula is C52H36N2S. The summed E-state index contributed by atoms with van der Waals surface area (Å²) >= 11 is 1.89. The van der Waals surface area contributed by atoms with Crippen LogP contribution in [0.5, 0.6) is 0 Å². The normalized spacial score (nSPS) is 13.0. The summed E-state index contributed by atoms with van der Waals surface area (Å²) < 4.78 is 5.09. The Hall–Kier alpha value is -6.68. The number of para-hydroxylation sites is 2. The van der Waals surface area contributed by atoms with Crippen molar-refractivity contribution in [1.82, 2.24) is 4.57 Å². The van der Waals surface area contributed by atoms with Gasteiger partial charge in [0.1, 0.15) is 0 Å². The largest absolute Gasteiger partial charge is 0.310 e. The Bertz CT molecular complexity index is 3140. The molecule has 55 heavy (non-hydrogen) atoms. The summed E-state index contributed by atoms with van der Waals surface area (Å²) in [6.07, 6.45) is 9.15. The summed E-state index contributed by atoms with van der Waals surface area (Å²) in [4.78, 5) is 2.35. The van der Waals surface area contributed by atoms with Gasteiger partial charge in [0.2, 0.25) is 0 Å². The summed E-state index contributed by atoms with van der Waals surface area (Å²) in [6.45, 7) is 0. The van der Waals surface area contributed by atoms with Gasteiger partial charge in [-0.2, -0.15) is 0 Å². The van der Waals surface area contributed by atoms with Crippen LogP contribution in [0.1, 0.15) is 18.4 Å². The van der Waals surface area contributed by atoms with Crippen LogP contribution >= 0.6 is 11.3 Å². The van der Waals surface area contributed by atoms with Crippen LogP contribution in [0, 0.1) is 0 Å². The number of thiophene rings is 1. The number of allylic oxidation sites excluding steroid dienone is 4. The predicted molar refractivity (Wildman–Crippen MR) is 238 cm³/mol. The molecule has 2 aromatic heterocycles. The molecule has 0 amide bonds. The minimum absolute atomic E-state index is 1.09. The van der Waals surface area contributed by atoms with E-state index < -0.39 is 0 Å². The summed E-state index contributed by atoms with van der Waals surface area (Å²) in [5, 5.41) is 7.61. The van der Waals surface area contributed by atoms with Gasteiger partial charge in [0.05, 0.1) is 11.0 Å². The summed E-state index contributed by atoms with van der Waals surface area (Å²) in [6, 6.07) is 64.7. The minimum atomic E-state index is 1.09. The van der Waals surface area contributed by atoms with Gasteiger partial charge < -0.3 is 9.47 Å². The molecule has 0 bridgehead atoms. The Morgan fingerprint density at radius 2 is 1.18 bits per heavy atom. The molecule has 10 aromatic rings. The van der Waals surface area contributed by atoms with Crippen molar-refractivity contribution in [1.29, 1.82) is 0 Å². The first-order valence-corrected chi connectivity index (χ1v) is 19.9. The van der Waals surface area contributed by atoms with E-state index in [4.69, 9.17) is 0 Å². The van der Waals surface area contributed by atoms with Gasteiger partial charge in [-0.1, -0.05) is 121 Å². The Balaban J connectivity index is 1.09. The zero-order valence-electron chi connectivity index (χ0n) is 30.2. The Labute approximate surface area is 324 Å². The molecule has 11 rings (SSSR count). The minimum Gasteiger partial charge on any atom is -0.310 e. The smallest absolute Gasteiger partial charge is 0.0541 e. The Morgan fingerprint density at radius 3 is 2.04 bits per heavy atom.